The summed E-state index contributed by atoms with van der Waals surface area (Å²) >= 11 is 6.46. The van der Waals surface area contributed by atoms with E-state index in [0.29, 0.717) is 22.6 Å². The Morgan fingerprint density at radius 1 is 1.23 bits per heavy atom. The van der Waals surface area contributed by atoms with E-state index in [4.69, 9.17) is 11.6 Å². The minimum atomic E-state index is -3.38. The lowest BCUT2D eigenvalue weighted by molar-refractivity contribution is 0.282. The van der Waals surface area contributed by atoms with Crippen molar-refractivity contribution >= 4 is 38.2 Å². The fourth-order valence-corrected chi connectivity index (χ4v) is 4.21. The second-order valence-corrected chi connectivity index (χ2v) is 8.59. The quantitative estimate of drug-likeness (QED) is 0.592. The van der Waals surface area contributed by atoms with E-state index in [1.807, 2.05) is 37.4 Å². The van der Waals surface area contributed by atoms with Gasteiger partial charge in [-0.3, -0.25) is 4.72 Å². The first kappa shape index (κ1) is 18.8. The van der Waals surface area contributed by atoms with Crippen LogP contribution >= 0.6 is 11.6 Å². The summed E-state index contributed by atoms with van der Waals surface area (Å²) in [6.45, 7) is 1.99. The molecule has 3 aromatic rings. The van der Waals surface area contributed by atoms with Gasteiger partial charge in [-0.25, -0.2) is 8.42 Å². The van der Waals surface area contributed by atoms with Gasteiger partial charge in [0, 0.05) is 29.1 Å². The summed E-state index contributed by atoms with van der Waals surface area (Å²) in [4.78, 5) is 3.17. The third-order valence-electron chi connectivity index (χ3n) is 4.37. The number of halogens is 1. The molecule has 2 aromatic carbocycles. The third kappa shape index (κ3) is 3.87. The van der Waals surface area contributed by atoms with Crippen LogP contribution in [-0.2, 0) is 10.0 Å². The Balaban J connectivity index is 2.14. The Labute approximate surface area is 158 Å². The maximum atomic E-state index is 11.6. The minimum absolute atomic E-state index is 0.0167. The monoisotopic (exact) mass is 392 g/mol. The smallest absolute Gasteiger partial charge is 0.229 e. The van der Waals surface area contributed by atoms with Gasteiger partial charge < -0.3 is 10.1 Å². The van der Waals surface area contributed by atoms with Crippen molar-refractivity contribution in [1.29, 1.82) is 0 Å². The zero-order valence-electron chi connectivity index (χ0n) is 14.6. The Morgan fingerprint density at radius 3 is 2.65 bits per heavy atom. The second kappa shape index (κ2) is 7.31. The molecule has 0 amide bonds. The standard InChI is InChI=1S/C19H21ClN2O3S/c1-12-6-7-14(17(20)10-12)13(8-9-23)16-11-21-19-15(16)4-3-5-18(19)22-26(2,24)25/h3-7,10-11,13,21-23H,8-9H2,1-2H3. The summed E-state index contributed by atoms with van der Waals surface area (Å²) in [5.41, 5.74) is 4.18. The van der Waals surface area contributed by atoms with Gasteiger partial charge in [-0.15, -0.1) is 0 Å². The van der Waals surface area contributed by atoms with E-state index < -0.39 is 10.0 Å². The number of aromatic amines is 1. The number of para-hydroxylation sites is 1. The Bertz CT molecular complexity index is 1040. The van der Waals surface area contributed by atoms with Crippen LogP contribution in [0.15, 0.2) is 42.6 Å². The van der Waals surface area contributed by atoms with Crippen LogP contribution in [0.5, 0.6) is 0 Å². The lowest BCUT2D eigenvalue weighted by atomic mass is 9.88. The number of aliphatic hydroxyl groups excluding tert-OH is 1. The molecule has 0 saturated heterocycles. The molecule has 0 fully saturated rings. The van der Waals surface area contributed by atoms with Gasteiger partial charge in [0.25, 0.3) is 0 Å². The molecule has 1 aromatic heterocycles. The van der Waals surface area contributed by atoms with Gasteiger partial charge in [-0.2, -0.15) is 0 Å². The number of hydrogen-bond donors (Lipinski definition) is 3. The number of aromatic nitrogens is 1. The zero-order valence-corrected chi connectivity index (χ0v) is 16.2. The number of H-pyrrole nitrogens is 1. The molecular weight excluding hydrogens is 372 g/mol. The summed E-state index contributed by atoms with van der Waals surface area (Å²) in [6.07, 6.45) is 3.49. The predicted molar refractivity (Wildman–Crippen MR) is 107 cm³/mol. The summed E-state index contributed by atoms with van der Waals surface area (Å²) in [5, 5.41) is 11.1. The number of benzene rings is 2. The van der Waals surface area contributed by atoms with Crippen LogP contribution in [0.2, 0.25) is 5.02 Å². The molecule has 138 valence electrons. The van der Waals surface area contributed by atoms with Crippen molar-refractivity contribution in [3.8, 4) is 0 Å². The summed E-state index contributed by atoms with van der Waals surface area (Å²) in [5.74, 6) is -0.102. The first-order chi connectivity index (χ1) is 12.3. The molecule has 0 radical (unpaired) electrons. The number of hydrogen-bond acceptors (Lipinski definition) is 3. The molecule has 1 atom stereocenters. The second-order valence-electron chi connectivity index (χ2n) is 6.44. The van der Waals surface area contributed by atoms with Crippen LogP contribution < -0.4 is 4.72 Å². The topological polar surface area (TPSA) is 82.2 Å². The van der Waals surface area contributed by atoms with Crippen molar-refractivity contribution in [2.24, 2.45) is 0 Å². The predicted octanol–water partition coefficient (Wildman–Crippen LogP) is 4.02. The van der Waals surface area contributed by atoms with E-state index in [2.05, 4.69) is 9.71 Å². The Kier molecular flexibility index (Phi) is 5.27. The Hall–Kier alpha value is -2.02. The summed E-state index contributed by atoms with van der Waals surface area (Å²) in [6, 6.07) is 11.3. The number of rotatable bonds is 6. The molecule has 0 spiro atoms. The Morgan fingerprint density at radius 2 is 2.00 bits per heavy atom. The van der Waals surface area contributed by atoms with Crippen molar-refractivity contribution in [2.45, 2.75) is 19.3 Å². The fourth-order valence-electron chi connectivity index (χ4n) is 3.27. The molecule has 0 aliphatic heterocycles. The van der Waals surface area contributed by atoms with Crippen LogP contribution in [0.3, 0.4) is 0 Å². The van der Waals surface area contributed by atoms with Crippen LogP contribution in [0.25, 0.3) is 10.9 Å². The van der Waals surface area contributed by atoms with Crippen molar-refractivity contribution in [1.82, 2.24) is 4.98 Å². The van der Waals surface area contributed by atoms with E-state index in [9.17, 15) is 13.5 Å². The van der Waals surface area contributed by atoms with Crippen molar-refractivity contribution in [2.75, 3.05) is 17.6 Å². The van der Waals surface area contributed by atoms with E-state index >= 15 is 0 Å². The van der Waals surface area contributed by atoms with E-state index in [1.54, 1.807) is 12.1 Å². The third-order valence-corrected chi connectivity index (χ3v) is 5.29. The molecule has 0 aliphatic rings. The van der Waals surface area contributed by atoms with Crippen molar-refractivity contribution < 1.29 is 13.5 Å². The summed E-state index contributed by atoms with van der Waals surface area (Å²) in [7, 11) is -3.38. The highest BCUT2D eigenvalue weighted by Gasteiger charge is 2.21. The number of sulfonamides is 1. The SMILES string of the molecule is Cc1ccc(C(CCO)c2c[nH]c3c(NS(C)(=O)=O)cccc23)c(Cl)c1. The van der Waals surface area contributed by atoms with Gasteiger partial charge in [0.15, 0.2) is 0 Å². The van der Waals surface area contributed by atoms with Crippen LogP contribution in [0.1, 0.15) is 29.0 Å². The highest BCUT2D eigenvalue weighted by Crippen LogP contribution is 2.38. The molecule has 0 bridgehead atoms. The highest BCUT2D eigenvalue weighted by atomic mass is 35.5. The first-order valence-corrected chi connectivity index (χ1v) is 10.5. The van der Waals surface area contributed by atoms with Crippen LogP contribution in [-0.4, -0.2) is 31.4 Å². The maximum Gasteiger partial charge on any atom is 0.229 e. The molecule has 5 nitrogen and oxygen atoms in total. The van der Waals surface area contributed by atoms with Gasteiger partial charge in [0.05, 0.1) is 17.5 Å². The van der Waals surface area contributed by atoms with Crippen molar-refractivity contribution in [3.05, 3.63) is 64.3 Å². The zero-order chi connectivity index (χ0) is 18.9. The molecule has 0 aliphatic carbocycles. The highest BCUT2D eigenvalue weighted by molar-refractivity contribution is 7.92. The average Bonchev–Trinajstić information content (AvgIpc) is 2.97. The van der Waals surface area contributed by atoms with Crippen LogP contribution in [0, 0.1) is 6.92 Å². The number of fused-ring (bicyclic) bond motifs is 1. The van der Waals surface area contributed by atoms with Gasteiger partial charge in [0.2, 0.25) is 10.0 Å². The largest absolute Gasteiger partial charge is 0.396 e. The fraction of sp³-hybridized carbons (Fsp3) is 0.263. The van der Waals surface area contributed by atoms with E-state index in [1.165, 1.54) is 0 Å². The number of nitrogens with one attached hydrogen (secondary N) is 2. The molecule has 1 heterocycles. The number of anilines is 1. The van der Waals surface area contributed by atoms with Gasteiger partial charge in [-0.1, -0.05) is 35.9 Å². The molecule has 3 N–H and O–H groups in total. The number of aryl methyl sites for hydroxylation is 1. The molecule has 7 heteroatoms. The number of aliphatic hydroxyl groups is 1. The maximum absolute atomic E-state index is 11.6. The lowest BCUT2D eigenvalue weighted by Crippen LogP contribution is -2.09. The molecule has 3 rings (SSSR count). The lowest BCUT2D eigenvalue weighted by Gasteiger charge is -2.18. The van der Waals surface area contributed by atoms with Crippen LogP contribution in [0.4, 0.5) is 5.69 Å². The van der Waals surface area contributed by atoms with Gasteiger partial charge in [0.1, 0.15) is 0 Å². The minimum Gasteiger partial charge on any atom is -0.396 e. The first-order valence-electron chi connectivity index (χ1n) is 8.25. The molecule has 26 heavy (non-hydrogen) atoms. The van der Waals surface area contributed by atoms with E-state index in [-0.39, 0.29) is 12.5 Å². The summed E-state index contributed by atoms with van der Waals surface area (Å²) < 4.78 is 25.8. The van der Waals surface area contributed by atoms with Crippen molar-refractivity contribution in [3.63, 3.8) is 0 Å². The molecular formula is C19H21ClN2O3S. The molecule has 1 unspecified atom stereocenters. The molecule has 0 saturated carbocycles. The normalized spacial score (nSPS) is 13.1. The van der Waals surface area contributed by atoms with Gasteiger partial charge in [-0.05, 0) is 42.2 Å². The van der Waals surface area contributed by atoms with Gasteiger partial charge >= 0.3 is 0 Å². The van der Waals surface area contributed by atoms with E-state index in [0.717, 1.165) is 28.3 Å². The average molecular weight is 393 g/mol.